The van der Waals surface area contributed by atoms with E-state index in [1.54, 1.807) is 0 Å². The molecule has 0 saturated carbocycles. The van der Waals surface area contributed by atoms with Gasteiger partial charge >= 0.3 is 0 Å². The molecule has 50 heavy (non-hydrogen) atoms. The highest BCUT2D eigenvalue weighted by molar-refractivity contribution is 8.11. The van der Waals surface area contributed by atoms with Crippen LogP contribution in [0, 0.1) is 11.8 Å². The van der Waals surface area contributed by atoms with Crippen LogP contribution in [-0.4, -0.2) is 0 Å². The third kappa shape index (κ3) is 8.45. The molecule has 0 saturated heterocycles. The molecule has 6 rings (SSSR count). The van der Waals surface area contributed by atoms with Crippen LogP contribution < -0.4 is 5.32 Å². The van der Waals surface area contributed by atoms with Gasteiger partial charge in [-0.1, -0.05) is 183 Å². The first-order valence-corrected chi connectivity index (χ1v) is 18.2. The summed E-state index contributed by atoms with van der Waals surface area (Å²) in [6, 6.07) is 40.8. The van der Waals surface area contributed by atoms with E-state index >= 15 is 0 Å². The van der Waals surface area contributed by atoms with Crippen LogP contribution >= 0.6 is 11.8 Å². The molecule has 2 atom stereocenters. The van der Waals surface area contributed by atoms with Gasteiger partial charge in [0.1, 0.15) is 0 Å². The van der Waals surface area contributed by atoms with E-state index in [1.165, 1.54) is 37.6 Å². The Labute approximate surface area is 303 Å². The number of rotatable bonds is 13. The number of hydrogen-bond acceptors (Lipinski definition) is 2. The van der Waals surface area contributed by atoms with Gasteiger partial charge in [-0.25, -0.2) is 0 Å². The summed E-state index contributed by atoms with van der Waals surface area (Å²) in [4.78, 5) is 2.60. The lowest BCUT2D eigenvalue weighted by atomic mass is 9.85. The maximum atomic E-state index is 4.51. The number of hydrogen-bond donors (Lipinski definition) is 1. The van der Waals surface area contributed by atoms with Crippen molar-refractivity contribution in [3.05, 3.63) is 239 Å². The van der Waals surface area contributed by atoms with Crippen LogP contribution in [-0.2, 0) is 0 Å². The van der Waals surface area contributed by atoms with Crippen molar-refractivity contribution < 1.29 is 0 Å². The van der Waals surface area contributed by atoms with Crippen LogP contribution in [0.2, 0.25) is 0 Å². The van der Waals surface area contributed by atoms with Crippen molar-refractivity contribution in [2.75, 3.05) is 5.32 Å². The van der Waals surface area contributed by atoms with Gasteiger partial charge in [-0.15, -0.1) is 0 Å². The zero-order valence-corrected chi connectivity index (χ0v) is 29.7. The Hall–Kier alpha value is -5.31. The molecule has 248 valence electrons. The van der Waals surface area contributed by atoms with E-state index in [1.807, 2.05) is 18.0 Å². The largest absolute Gasteiger partial charge is 0.362 e. The summed E-state index contributed by atoms with van der Waals surface area (Å²) in [5.41, 5.74) is 10.7. The third-order valence-corrected chi connectivity index (χ3v) is 10.6. The highest BCUT2D eigenvalue weighted by Gasteiger charge is 2.28. The van der Waals surface area contributed by atoms with Crippen molar-refractivity contribution in [3.63, 3.8) is 0 Å². The summed E-state index contributed by atoms with van der Waals surface area (Å²) in [5.74, 6) is 0.549. The molecule has 0 bridgehead atoms. The summed E-state index contributed by atoms with van der Waals surface area (Å²) < 4.78 is 0. The topological polar surface area (TPSA) is 12.0 Å². The Bertz CT molecular complexity index is 1960. The van der Waals surface area contributed by atoms with Crippen molar-refractivity contribution in [2.45, 2.75) is 25.7 Å². The molecule has 0 amide bonds. The van der Waals surface area contributed by atoms with E-state index < -0.39 is 0 Å². The first-order valence-electron chi connectivity index (χ1n) is 17.3. The van der Waals surface area contributed by atoms with E-state index in [0.717, 1.165) is 35.2 Å². The van der Waals surface area contributed by atoms with Gasteiger partial charge in [-0.3, -0.25) is 0 Å². The maximum Gasteiger partial charge on any atom is 0.0382 e. The van der Waals surface area contributed by atoms with Crippen molar-refractivity contribution in [1.82, 2.24) is 0 Å². The number of benzene rings is 4. The Kier molecular flexibility index (Phi) is 11.7. The van der Waals surface area contributed by atoms with E-state index in [9.17, 15) is 0 Å². The minimum Gasteiger partial charge on any atom is -0.362 e. The summed E-state index contributed by atoms with van der Waals surface area (Å²) in [5, 5.41) is 3.51. The number of nitrogens with one attached hydrogen (secondary N) is 1. The van der Waals surface area contributed by atoms with Crippen LogP contribution in [0.3, 0.4) is 0 Å². The van der Waals surface area contributed by atoms with Crippen LogP contribution in [0.1, 0.15) is 47.9 Å². The number of allylic oxidation sites excluding steroid dienone is 13. The average Bonchev–Trinajstić information content (AvgIpc) is 3.56. The van der Waals surface area contributed by atoms with E-state index in [2.05, 4.69) is 196 Å². The van der Waals surface area contributed by atoms with Crippen molar-refractivity contribution >= 4 is 22.4 Å². The molecule has 0 spiro atoms. The van der Waals surface area contributed by atoms with E-state index in [0.29, 0.717) is 0 Å². The van der Waals surface area contributed by atoms with Crippen LogP contribution in [0.5, 0.6) is 0 Å². The molecule has 2 aliphatic rings. The summed E-state index contributed by atoms with van der Waals surface area (Å²) in [6.07, 6.45) is 21.3. The molecule has 0 radical (unpaired) electrons. The lowest BCUT2D eigenvalue weighted by Gasteiger charge is -2.23. The number of anilines is 1. The molecule has 4 aromatic rings. The standard InChI is InChI=1S/C48H45NS/c1-5-18-41(45-31-30-44-36(3)19-15-29-46(50-48(44)45)38-21-9-6-10-22-38)33-37(4)35(2)20-17-32-49-43-28-16-27-42(34-43)47(39-23-11-7-12-24-39)40-25-13-8-14-26-40/h5-19,21-32,34,41,44,47,49H,2-4,20,33H2,1H3/b18-5-,19-15-,32-17-,46-29-. The molecule has 2 heteroatoms. The van der Waals surface area contributed by atoms with Gasteiger partial charge in [-0.2, -0.15) is 0 Å². The van der Waals surface area contributed by atoms with Gasteiger partial charge in [0.2, 0.25) is 0 Å². The molecule has 0 fully saturated rings. The quantitative estimate of drug-likeness (QED) is 0.0865. The second-order valence-corrected chi connectivity index (χ2v) is 13.8. The normalized spacial score (nSPS) is 18.1. The molecule has 0 aromatic heterocycles. The zero-order valence-electron chi connectivity index (χ0n) is 28.8. The molecule has 1 aliphatic carbocycles. The van der Waals surface area contributed by atoms with Crippen LogP contribution in [0.25, 0.3) is 4.91 Å². The van der Waals surface area contributed by atoms with Gasteiger partial charge in [0, 0.05) is 33.3 Å². The zero-order chi connectivity index (χ0) is 34.7. The second-order valence-electron chi connectivity index (χ2n) is 12.8. The molecule has 1 aliphatic heterocycles. The van der Waals surface area contributed by atoms with Gasteiger partial charge in [0.05, 0.1) is 0 Å². The monoisotopic (exact) mass is 667 g/mol. The Morgan fingerprint density at radius 1 is 0.800 bits per heavy atom. The summed E-state index contributed by atoms with van der Waals surface area (Å²) in [7, 11) is 0. The first kappa shape index (κ1) is 34.5. The Balaban J connectivity index is 1.12. The molecule has 2 unspecified atom stereocenters. The van der Waals surface area contributed by atoms with Crippen molar-refractivity contribution in [3.8, 4) is 0 Å². The van der Waals surface area contributed by atoms with Crippen molar-refractivity contribution in [1.29, 1.82) is 0 Å². The molecule has 1 nitrogen and oxygen atoms in total. The molecular formula is C48H45NS. The minimum atomic E-state index is 0.161. The Morgan fingerprint density at radius 3 is 2.14 bits per heavy atom. The summed E-state index contributed by atoms with van der Waals surface area (Å²) >= 11 is 1.87. The lowest BCUT2D eigenvalue weighted by Crippen LogP contribution is -2.06. The number of thioether (sulfide) groups is 1. The highest BCUT2D eigenvalue weighted by Crippen LogP contribution is 2.49. The van der Waals surface area contributed by atoms with E-state index in [-0.39, 0.29) is 17.8 Å². The first-order chi connectivity index (χ1) is 24.5. The fourth-order valence-corrected chi connectivity index (χ4v) is 7.97. The maximum absolute atomic E-state index is 4.51. The predicted molar refractivity (Wildman–Crippen MR) is 219 cm³/mol. The molecule has 1 N–H and O–H groups in total. The molecular weight excluding hydrogens is 623 g/mol. The van der Waals surface area contributed by atoms with Crippen LogP contribution in [0.4, 0.5) is 5.69 Å². The Morgan fingerprint density at radius 2 is 1.46 bits per heavy atom. The fourth-order valence-electron chi connectivity index (χ4n) is 6.64. The van der Waals surface area contributed by atoms with Crippen molar-refractivity contribution in [2.24, 2.45) is 11.8 Å². The van der Waals surface area contributed by atoms with E-state index in [4.69, 9.17) is 0 Å². The predicted octanol–water partition coefficient (Wildman–Crippen LogP) is 13.2. The number of fused-ring (bicyclic) bond motifs is 1. The fraction of sp³-hybridized carbons (Fsp3) is 0.125. The SMILES string of the molecule is C=C(C/C=C\Nc1cccc(C(c2ccccc2)c2ccccc2)c1)C(=C)CC(/C=C\C)C1=C2S/C(c3ccccc3)=C\C=C/C(=C)C2C=C1. The van der Waals surface area contributed by atoms with Gasteiger partial charge in [0.15, 0.2) is 0 Å². The summed E-state index contributed by atoms with van der Waals surface area (Å²) in [6.45, 7) is 15.5. The smallest absolute Gasteiger partial charge is 0.0382 e. The van der Waals surface area contributed by atoms with Gasteiger partial charge < -0.3 is 5.32 Å². The minimum absolute atomic E-state index is 0.161. The molecule has 4 aromatic carbocycles. The average molecular weight is 668 g/mol. The highest BCUT2D eigenvalue weighted by atomic mass is 32.2. The molecule has 1 heterocycles. The van der Waals surface area contributed by atoms with Crippen LogP contribution in [0.15, 0.2) is 217 Å². The lowest BCUT2D eigenvalue weighted by molar-refractivity contribution is 0.761. The second kappa shape index (κ2) is 16.9. The van der Waals surface area contributed by atoms with Gasteiger partial charge in [-0.05, 0) is 83.1 Å². The third-order valence-electron chi connectivity index (χ3n) is 9.28. The van der Waals surface area contributed by atoms with Gasteiger partial charge in [0.25, 0.3) is 0 Å².